The van der Waals surface area contributed by atoms with Crippen molar-refractivity contribution < 1.29 is 4.79 Å². The predicted octanol–water partition coefficient (Wildman–Crippen LogP) is 3.17. The number of carbonyl (C=O) groups is 1. The molecule has 1 aliphatic carbocycles. The highest BCUT2D eigenvalue weighted by atomic mass is 16.1. The Balaban J connectivity index is 1.68. The number of nitrogens with zero attached hydrogens (tertiary/aromatic N) is 1. The lowest BCUT2D eigenvalue weighted by Gasteiger charge is -2.38. The maximum absolute atomic E-state index is 12.6. The molecular weight excluding hydrogens is 272 g/mol. The van der Waals surface area contributed by atoms with Crippen LogP contribution in [-0.2, 0) is 4.79 Å². The SMILES string of the molecule is CN1CC[C@@H](NC(=O)C2CCCCC2)[C@H](c2ccccc2)C1. The van der Waals surface area contributed by atoms with Crippen LogP contribution in [-0.4, -0.2) is 37.0 Å². The fraction of sp³-hybridized carbons (Fsp3) is 0.632. The van der Waals surface area contributed by atoms with Gasteiger partial charge in [-0.2, -0.15) is 0 Å². The number of benzene rings is 1. The summed E-state index contributed by atoms with van der Waals surface area (Å²) in [6, 6.07) is 10.9. The minimum atomic E-state index is 0.254. The van der Waals surface area contributed by atoms with Crippen molar-refractivity contribution in [2.24, 2.45) is 5.92 Å². The fourth-order valence-electron chi connectivity index (χ4n) is 3.99. The number of amides is 1. The van der Waals surface area contributed by atoms with E-state index in [4.69, 9.17) is 0 Å². The summed E-state index contributed by atoms with van der Waals surface area (Å²) in [7, 11) is 2.18. The average molecular weight is 300 g/mol. The van der Waals surface area contributed by atoms with Gasteiger partial charge in [0.2, 0.25) is 5.91 Å². The van der Waals surface area contributed by atoms with E-state index in [1.807, 2.05) is 0 Å². The van der Waals surface area contributed by atoms with Gasteiger partial charge in [-0.15, -0.1) is 0 Å². The minimum Gasteiger partial charge on any atom is -0.352 e. The van der Waals surface area contributed by atoms with E-state index in [0.29, 0.717) is 11.8 Å². The van der Waals surface area contributed by atoms with E-state index in [1.165, 1.54) is 24.8 Å². The lowest BCUT2D eigenvalue weighted by Crippen LogP contribution is -2.50. The van der Waals surface area contributed by atoms with Gasteiger partial charge in [0.25, 0.3) is 0 Å². The zero-order chi connectivity index (χ0) is 15.4. The Morgan fingerprint density at radius 3 is 2.55 bits per heavy atom. The normalized spacial score (nSPS) is 27.5. The van der Waals surface area contributed by atoms with Gasteiger partial charge in [-0.3, -0.25) is 4.79 Å². The van der Waals surface area contributed by atoms with Crippen molar-refractivity contribution in [3.63, 3.8) is 0 Å². The van der Waals surface area contributed by atoms with Crippen molar-refractivity contribution in [3.05, 3.63) is 35.9 Å². The van der Waals surface area contributed by atoms with Gasteiger partial charge >= 0.3 is 0 Å². The number of hydrogen-bond donors (Lipinski definition) is 1. The first-order chi connectivity index (χ1) is 10.7. The van der Waals surface area contributed by atoms with E-state index in [9.17, 15) is 4.79 Å². The highest BCUT2D eigenvalue weighted by molar-refractivity contribution is 5.79. The number of rotatable bonds is 3. The van der Waals surface area contributed by atoms with E-state index in [1.54, 1.807) is 0 Å². The van der Waals surface area contributed by atoms with Gasteiger partial charge < -0.3 is 10.2 Å². The standard InChI is InChI=1S/C19H28N2O/c1-21-13-12-18(17(14-21)15-8-4-2-5-9-15)20-19(22)16-10-6-3-7-11-16/h2,4-5,8-9,16-18H,3,6-7,10-14H2,1H3,(H,20,22)/t17-,18+/m0/s1. The molecule has 1 saturated carbocycles. The van der Waals surface area contributed by atoms with Crippen LogP contribution in [0.15, 0.2) is 30.3 Å². The quantitative estimate of drug-likeness (QED) is 0.930. The van der Waals surface area contributed by atoms with Gasteiger partial charge in [-0.05, 0) is 38.4 Å². The summed E-state index contributed by atoms with van der Waals surface area (Å²) >= 11 is 0. The largest absolute Gasteiger partial charge is 0.352 e. The monoisotopic (exact) mass is 300 g/mol. The number of nitrogens with one attached hydrogen (secondary N) is 1. The first kappa shape index (κ1) is 15.5. The van der Waals surface area contributed by atoms with Crippen molar-refractivity contribution in [2.75, 3.05) is 20.1 Å². The zero-order valence-electron chi connectivity index (χ0n) is 13.6. The van der Waals surface area contributed by atoms with Crippen molar-refractivity contribution in [1.82, 2.24) is 10.2 Å². The van der Waals surface area contributed by atoms with Crippen molar-refractivity contribution >= 4 is 5.91 Å². The number of likely N-dealkylation sites (N-methyl/N-ethyl adjacent to an activating group) is 1. The maximum atomic E-state index is 12.6. The van der Waals surface area contributed by atoms with Crippen molar-refractivity contribution in [1.29, 1.82) is 0 Å². The molecule has 0 unspecified atom stereocenters. The van der Waals surface area contributed by atoms with Crippen LogP contribution >= 0.6 is 0 Å². The second-order valence-corrected chi connectivity index (χ2v) is 7.02. The molecule has 3 heteroatoms. The second-order valence-electron chi connectivity index (χ2n) is 7.02. The molecule has 3 rings (SSSR count). The van der Waals surface area contributed by atoms with Crippen LogP contribution in [0.3, 0.4) is 0 Å². The Labute approximate surface area is 134 Å². The number of piperidine rings is 1. The molecular formula is C19H28N2O. The Hall–Kier alpha value is -1.35. The Morgan fingerprint density at radius 1 is 1.09 bits per heavy atom. The average Bonchev–Trinajstić information content (AvgIpc) is 2.58. The predicted molar refractivity (Wildman–Crippen MR) is 89.8 cm³/mol. The molecule has 1 aromatic carbocycles. The molecule has 22 heavy (non-hydrogen) atoms. The van der Waals surface area contributed by atoms with Gasteiger partial charge in [0.1, 0.15) is 0 Å². The van der Waals surface area contributed by atoms with Crippen LogP contribution in [0.4, 0.5) is 0 Å². The molecule has 2 fully saturated rings. The summed E-state index contributed by atoms with van der Waals surface area (Å²) in [6.07, 6.45) is 6.93. The summed E-state index contributed by atoms with van der Waals surface area (Å²) in [5.41, 5.74) is 1.35. The van der Waals surface area contributed by atoms with Gasteiger partial charge in [-0.25, -0.2) is 0 Å². The number of hydrogen-bond acceptors (Lipinski definition) is 2. The molecule has 2 atom stereocenters. The Bertz CT molecular complexity index is 481. The molecule has 0 aromatic heterocycles. The molecule has 0 spiro atoms. The van der Waals surface area contributed by atoms with Crippen molar-refractivity contribution in [3.8, 4) is 0 Å². The molecule has 2 aliphatic rings. The van der Waals surface area contributed by atoms with Crippen molar-refractivity contribution in [2.45, 2.75) is 50.5 Å². The maximum Gasteiger partial charge on any atom is 0.223 e. The van der Waals surface area contributed by atoms with E-state index < -0.39 is 0 Å². The molecule has 1 saturated heterocycles. The lowest BCUT2D eigenvalue weighted by molar-refractivity contribution is -0.127. The molecule has 1 heterocycles. The number of carbonyl (C=O) groups excluding carboxylic acids is 1. The summed E-state index contributed by atoms with van der Waals surface area (Å²) < 4.78 is 0. The van der Waals surface area contributed by atoms with Gasteiger partial charge in [0.15, 0.2) is 0 Å². The third-order valence-electron chi connectivity index (χ3n) is 5.35. The Morgan fingerprint density at radius 2 is 1.82 bits per heavy atom. The first-order valence-corrected chi connectivity index (χ1v) is 8.78. The molecule has 1 amide bonds. The van der Waals surface area contributed by atoms with Gasteiger partial charge in [0.05, 0.1) is 0 Å². The smallest absolute Gasteiger partial charge is 0.223 e. The van der Waals surface area contributed by atoms with E-state index >= 15 is 0 Å². The first-order valence-electron chi connectivity index (χ1n) is 8.78. The summed E-state index contributed by atoms with van der Waals surface area (Å²) in [5.74, 6) is 0.965. The minimum absolute atomic E-state index is 0.254. The van der Waals surface area contributed by atoms with Crippen LogP contribution in [0.25, 0.3) is 0 Å². The van der Waals surface area contributed by atoms with Gasteiger partial charge in [-0.1, -0.05) is 49.6 Å². The second kappa shape index (κ2) is 7.28. The molecule has 0 bridgehead atoms. The molecule has 120 valence electrons. The fourth-order valence-corrected chi connectivity index (χ4v) is 3.99. The molecule has 3 nitrogen and oxygen atoms in total. The summed E-state index contributed by atoms with van der Waals surface area (Å²) in [5, 5.41) is 3.39. The molecule has 1 aliphatic heterocycles. The summed E-state index contributed by atoms with van der Waals surface area (Å²) in [4.78, 5) is 15.0. The van der Waals surface area contributed by atoms with E-state index in [-0.39, 0.29) is 12.0 Å². The highest BCUT2D eigenvalue weighted by Gasteiger charge is 2.32. The summed E-state index contributed by atoms with van der Waals surface area (Å²) in [6.45, 7) is 2.10. The Kier molecular flexibility index (Phi) is 5.14. The van der Waals surface area contributed by atoms with E-state index in [0.717, 1.165) is 32.4 Å². The zero-order valence-corrected chi connectivity index (χ0v) is 13.6. The lowest BCUT2D eigenvalue weighted by atomic mass is 9.84. The number of likely N-dealkylation sites (tertiary alicyclic amines) is 1. The third-order valence-corrected chi connectivity index (χ3v) is 5.35. The topological polar surface area (TPSA) is 32.3 Å². The van der Waals surface area contributed by atoms with E-state index in [2.05, 4.69) is 47.6 Å². The van der Waals surface area contributed by atoms with Crippen LogP contribution in [0.1, 0.15) is 50.0 Å². The van der Waals surface area contributed by atoms with Crippen LogP contribution in [0, 0.1) is 5.92 Å². The molecule has 1 aromatic rings. The molecule has 1 N–H and O–H groups in total. The third kappa shape index (κ3) is 3.70. The highest BCUT2D eigenvalue weighted by Crippen LogP contribution is 2.29. The van der Waals surface area contributed by atoms with Crippen LogP contribution in [0.2, 0.25) is 0 Å². The molecule has 0 radical (unpaired) electrons. The van der Waals surface area contributed by atoms with Crippen LogP contribution < -0.4 is 5.32 Å². The van der Waals surface area contributed by atoms with Gasteiger partial charge in [0, 0.05) is 24.4 Å². The van der Waals surface area contributed by atoms with Crippen LogP contribution in [0.5, 0.6) is 0 Å².